The Morgan fingerprint density at radius 3 is 2.63 bits per heavy atom. The van der Waals surface area contributed by atoms with E-state index in [0.29, 0.717) is 23.2 Å². The van der Waals surface area contributed by atoms with Crippen molar-refractivity contribution in [3.63, 3.8) is 0 Å². The molecule has 1 fully saturated rings. The summed E-state index contributed by atoms with van der Waals surface area (Å²) in [5.74, 6) is -0.649. The number of aryl methyl sites for hydroxylation is 1. The predicted molar refractivity (Wildman–Crippen MR) is 73.1 cm³/mol. The van der Waals surface area contributed by atoms with Crippen LogP contribution >= 0.6 is 0 Å². The van der Waals surface area contributed by atoms with Crippen LogP contribution < -0.4 is 5.32 Å². The Labute approximate surface area is 113 Å². The zero-order valence-electron chi connectivity index (χ0n) is 12.0. The molecule has 2 rings (SSSR count). The number of piperazine rings is 1. The first-order valence-electron chi connectivity index (χ1n) is 6.84. The van der Waals surface area contributed by atoms with Crippen molar-refractivity contribution in [2.24, 2.45) is 0 Å². The fraction of sp³-hybridized carbons (Fsp3) is 0.600. The highest BCUT2D eigenvalue weighted by Crippen LogP contribution is 2.28. The number of halogens is 2. The molecule has 1 saturated heterocycles. The van der Waals surface area contributed by atoms with Gasteiger partial charge < -0.3 is 5.32 Å². The summed E-state index contributed by atoms with van der Waals surface area (Å²) in [4.78, 5) is 2.23. The minimum atomic E-state index is -0.334. The number of nitrogens with one attached hydrogen (secondary N) is 1. The number of hydrogen-bond donors (Lipinski definition) is 1. The maximum absolute atomic E-state index is 14.1. The van der Waals surface area contributed by atoms with Crippen molar-refractivity contribution in [2.45, 2.75) is 45.8 Å². The fourth-order valence-electron chi connectivity index (χ4n) is 2.75. The minimum Gasteiger partial charge on any atom is -0.311 e. The second-order valence-corrected chi connectivity index (χ2v) is 5.65. The van der Waals surface area contributed by atoms with Gasteiger partial charge >= 0.3 is 0 Å². The van der Waals surface area contributed by atoms with E-state index < -0.39 is 0 Å². The van der Waals surface area contributed by atoms with Crippen molar-refractivity contribution >= 4 is 0 Å². The number of rotatable bonds is 2. The Bertz CT molecular complexity index is 462. The molecule has 1 aliphatic rings. The molecule has 0 spiro atoms. The van der Waals surface area contributed by atoms with Gasteiger partial charge in [0.25, 0.3) is 0 Å². The minimum absolute atomic E-state index is 0.116. The summed E-state index contributed by atoms with van der Waals surface area (Å²) >= 11 is 0. The fourth-order valence-corrected chi connectivity index (χ4v) is 2.75. The van der Waals surface area contributed by atoms with E-state index in [9.17, 15) is 8.78 Å². The first-order chi connectivity index (χ1) is 8.90. The summed E-state index contributed by atoms with van der Waals surface area (Å²) in [6, 6.07) is 3.20. The van der Waals surface area contributed by atoms with Crippen LogP contribution in [0.2, 0.25) is 0 Å². The molecule has 19 heavy (non-hydrogen) atoms. The Balaban J connectivity index is 2.28. The van der Waals surface area contributed by atoms with E-state index in [2.05, 4.69) is 24.1 Å². The SMILES string of the molecule is Cc1cc(F)c(C(C)N2CC(C)NCC2C)cc1F. The van der Waals surface area contributed by atoms with Crippen LogP contribution in [-0.2, 0) is 0 Å². The quantitative estimate of drug-likeness (QED) is 0.887. The van der Waals surface area contributed by atoms with Gasteiger partial charge in [-0.1, -0.05) is 0 Å². The predicted octanol–water partition coefficient (Wildman–Crippen LogP) is 3.02. The van der Waals surface area contributed by atoms with Crippen LogP contribution in [0.3, 0.4) is 0 Å². The topological polar surface area (TPSA) is 15.3 Å². The average molecular weight is 268 g/mol. The molecule has 1 heterocycles. The van der Waals surface area contributed by atoms with Crippen molar-refractivity contribution in [1.29, 1.82) is 0 Å². The number of benzene rings is 1. The molecule has 2 nitrogen and oxygen atoms in total. The summed E-state index contributed by atoms with van der Waals surface area (Å²) in [7, 11) is 0. The molecular weight excluding hydrogens is 246 g/mol. The Hall–Kier alpha value is -1.00. The highest BCUT2D eigenvalue weighted by molar-refractivity contribution is 5.27. The van der Waals surface area contributed by atoms with Crippen molar-refractivity contribution in [3.8, 4) is 0 Å². The van der Waals surface area contributed by atoms with Gasteiger partial charge in [-0.25, -0.2) is 8.78 Å². The van der Waals surface area contributed by atoms with Crippen LogP contribution in [0, 0.1) is 18.6 Å². The summed E-state index contributed by atoms with van der Waals surface area (Å²) in [6.07, 6.45) is 0. The van der Waals surface area contributed by atoms with Gasteiger partial charge in [-0.05, 0) is 45.4 Å². The van der Waals surface area contributed by atoms with Crippen LogP contribution in [0.4, 0.5) is 8.78 Å². The van der Waals surface area contributed by atoms with Crippen LogP contribution in [0.1, 0.15) is 37.9 Å². The monoisotopic (exact) mass is 268 g/mol. The average Bonchev–Trinajstić information content (AvgIpc) is 2.36. The maximum Gasteiger partial charge on any atom is 0.128 e. The largest absolute Gasteiger partial charge is 0.311 e. The lowest BCUT2D eigenvalue weighted by molar-refractivity contribution is 0.101. The van der Waals surface area contributed by atoms with Crippen LogP contribution in [0.15, 0.2) is 12.1 Å². The summed E-state index contributed by atoms with van der Waals surface area (Å²) in [6.45, 7) is 9.47. The van der Waals surface area contributed by atoms with Gasteiger partial charge in [0.2, 0.25) is 0 Å². The molecule has 3 atom stereocenters. The Morgan fingerprint density at radius 1 is 1.26 bits per heavy atom. The molecule has 0 radical (unpaired) electrons. The lowest BCUT2D eigenvalue weighted by Gasteiger charge is -2.41. The molecule has 0 bridgehead atoms. The third-order valence-corrected chi connectivity index (χ3v) is 4.04. The Morgan fingerprint density at radius 2 is 1.95 bits per heavy atom. The standard InChI is InChI=1S/C15H22F2N2/c1-9-5-15(17)13(6-14(9)16)12(4)19-8-10(2)18-7-11(19)3/h5-6,10-12,18H,7-8H2,1-4H3. The van der Waals surface area contributed by atoms with Crippen LogP contribution in [0.25, 0.3) is 0 Å². The molecule has 1 N–H and O–H groups in total. The molecule has 106 valence electrons. The maximum atomic E-state index is 14.1. The van der Waals surface area contributed by atoms with Gasteiger partial charge in [0, 0.05) is 36.8 Å². The van der Waals surface area contributed by atoms with Crippen LogP contribution in [0.5, 0.6) is 0 Å². The third-order valence-electron chi connectivity index (χ3n) is 4.04. The van der Waals surface area contributed by atoms with Gasteiger partial charge in [0.05, 0.1) is 0 Å². The zero-order chi connectivity index (χ0) is 14.2. The highest BCUT2D eigenvalue weighted by atomic mass is 19.1. The van der Waals surface area contributed by atoms with Gasteiger partial charge in [-0.15, -0.1) is 0 Å². The Kier molecular flexibility index (Phi) is 4.21. The zero-order valence-corrected chi connectivity index (χ0v) is 12.0. The third kappa shape index (κ3) is 2.95. The van der Waals surface area contributed by atoms with E-state index in [-0.39, 0.29) is 17.7 Å². The first-order valence-corrected chi connectivity index (χ1v) is 6.84. The van der Waals surface area contributed by atoms with Crippen molar-refractivity contribution in [3.05, 3.63) is 34.9 Å². The molecule has 1 aromatic carbocycles. The first kappa shape index (κ1) is 14.4. The second-order valence-electron chi connectivity index (χ2n) is 5.65. The molecule has 0 aromatic heterocycles. The molecule has 0 amide bonds. The van der Waals surface area contributed by atoms with Gasteiger partial charge in [0.15, 0.2) is 0 Å². The summed E-state index contributed by atoms with van der Waals surface area (Å²) in [5.41, 5.74) is 0.805. The molecule has 0 saturated carbocycles. The van der Waals surface area contributed by atoms with Crippen molar-refractivity contribution in [1.82, 2.24) is 10.2 Å². The normalized spacial score (nSPS) is 26.4. The molecule has 1 aliphatic heterocycles. The molecule has 4 heteroatoms. The van der Waals surface area contributed by atoms with E-state index >= 15 is 0 Å². The second kappa shape index (κ2) is 5.55. The molecule has 0 aliphatic carbocycles. The highest BCUT2D eigenvalue weighted by Gasteiger charge is 2.28. The van der Waals surface area contributed by atoms with E-state index in [1.54, 1.807) is 6.92 Å². The van der Waals surface area contributed by atoms with Gasteiger partial charge in [-0.2, -0.15) is 0 Å². The smallest absolute Gasteiger partial charge is 0.128 e. The van der Waals surface area contributed by atoms with E-state index in [4.69, 9.17) is 0 Å². The summed E-state index contributed by atoms with van der Waals surface area (Å²) < 4.78 is 27.7. The number of hydrogen-bond acceptors (Lipinski definition) is 2. The van der Waals surface area contributed by atoms with Crippen molar-refractivity contribution in [2.75, 3.05) is 13.1 Å². The lowest BCUT2D eigenvalue weighted by Crippen LogP contribution is -2.54. The van der Waals surface area contributed by atoms with Gasteiger partial charge in [0.1, 0.15) is 11.6 Å². The molecule has 1 aromatic rings. The number of nitrogens with zero attached hydrogens (tertiary/aromatic N) is 1. The van der Waals surface area contributed by atoms with Gasteiger partial charge in [-0.3, -0.25) is 4.90 Å². The van der Waals surface area contributed by atoms with Crippen LogP contribution in [-0.4, -0.2) is 30.1 Å². The lowest BCUT2D eigenvalue weighted by atomic mass is 10.00. The molecular formula is C15H22F2N2. The van der Waals surface area contributed by atoms with E-state index in [0.717, 1.165) is 13.1 Å². The van der Waals surface area contributed by atoms with E-state index in [1.807, 2.05) is 6.92 Å². The van der Waals surface area contributed by atoms with Crippen molar-refractivity contribution < 1.29 is 8.78 Å². The molecule has 3 unspecified atom stereocenters. The summed E-state index contributed by atoms with van der Waals surface area (Å²) in [5, 5.41) is 3.39. The van der Waals surface area contributed by atoms with E-state index in [1.165, 1.54) is 12.1 Å².